The summed E-state index contributed by atoms with van der Waals surface area (Å²) in [5.74, 6) is 1.82. The third-order valence-electron chi connectivity index (χ3n) is 1.42. The van der Waals surface area contributed by atoms with Crippen molar-refractivity contribution < 1.29 is 0 Å². The second kappa shape index (κ2) is 6.56. The van der Waals surface area contributed by atoms with Gasteiger partial charge in [0, 0.05) is 24.2 Å². The van der Waals surface area contributed by atoms with E-state index in [1.54, 1.807) is 18.0 Å². The molecule has 0 bridgehead atoms. The highest BCUT2D eigenvalue weighted by Crippen LogP contribution is 2.07. The van der Waals surface area contributed by atoms with Crippen LogP contribution in [0.25, 0.3) is 0 Å². The lowest BCUT2D eigenvalue weighted by atomic mass is 10.4. The van der Waals surface area contributed by atoms with Crippen molar-refractivity contribution in [3.05, 3.63) is 24.0 Å². The number of aromatic nitrogens is 2. The first kappa shape index (κ1) is 11.2. The van der Waals surface area contributed by atoms with E-state index in [0.717, 1.165) is 23.7 Å². The lowest BCUT2D eigenvalue weighted by molar-refractivity contribution is 0.962. The third-order valence-corrected chi connectivity index (χ3v) is 2.56. The number of nitrogens with one attached hydrogen (secondary N) is 1. The molecule has 1 aromatic heterocycles. The van der Waals surface area contributed by atoms with Crippen molar-refractivity contribution in [2.45, 2.75) is 5.75 Å². The Morgan fingerprint density at radius 2 is 2.50 bits per heavy atom. The number of hydrogen-bond donors (Lipinski definition) is 2. The van der Waals surface area contributed by atoms with Crippen molar-refractivity contribution in [1.82, 2.24) is 15.5 Å². The van der Waals surface area contributed by atoms with Gasteiger partial charge in [-0.25, -0.2) is 0 Å². The third kappa shape index (κ3) is 4.98. The van der Waals surface area contributed by atoms with Gasteiger partial charge >= 0.3 is 0 Å². The summed E-state index contributed by atoms with van der Waals surface area (Å²) >= 11 is 6.44. The molecule has 0 radical (unpaired) electrons. The standard InChI is InChI=1S/C8H12N4S2/c9-8(13)10-4-5-14-6-7-2-1-3-11-12-7/h1-3H,4-6H2,(H3,9,10,13). The maximum Gasteiger partial charge on any atom is 0.163 e. The monoisotopic (exact) mass is 228 g/mol. The molecule has 0 amide bonds. The van der Waals surface area contributed by atoms with Crippen molar-refractivity contribution in [2.24, 2.45) is 5.73 Å². The van der Waals surface area contributed by atoms with Crippen LogP contribution in [0, 0.1) is 0 Å². The molecule has 3 N–H and O–H groups in total. The molecule has 0 aromatic carbocycles. The second-order valence-corrected chi connectivity index (χ2v) is 4.10. The molecule has 14 heavy (non-hydrogen) atoms. The Balaban J connectivity index is 2.08. The van der Waals surface area contributed by atoms with Crippen LogP contribution < -0.4 is 11.1 Å². The summed E-state index contributed by atoms with van der Waals surface area (Å²) in [4.78, 5) is 0. The Kier molecular flexibility index (Phi) is 5.24. The van der Waals surface area contributed by atoms with Gasteiger partial charge in [0.25, 0.3) is 0 Å². The van der Waals surface area contributed by atoms with E-state index in [1.807, 2.05) is 12.1 Å². The molecule has 0 saturated carbocycles. The lowest BCUT2D eigenvalue weighted by Gasteiger charge is -2.02. The fourth-order valence-corrected chi connectivity index (χ4v) is 1.69. The molecule has 1 aromatic rings. The van der Waals surface area contributed by atoms with Gasteiger partial charge in [-0.15, -0.1) is 0 Å². The number of thioether (sulfide) groups is 1. The zero-order valence-corrected chi connectivity index (χ0v) is 9.27. The van der Waals surface area contributed by atoms with Crippen molar-refractivity contribution in [1.29, 1.82) is 0 Å². The van der Waals surface area contributed by atoms with Crippen LogP contribution in [0.2, 0.25) is 0 Å². The average molecular weight is 228 g/mol. The van der Waals surface area contributed by atoms with Crippen LogP contribution in [0.4, 0.5) is 0 Å². The minimum absolute atomic E-state index is 0.352. The largest absolute Gasteiger partial charge is 0.376 e. The molecule has 4 nitrogen and oxygen atoms in total. The topological polar surface area (TPSA) is 63.8 Å². The van der Waals surface area contributed by atoms with Gasteiger partial charge in [0.05, 0.1) is 5.69 Å². The number of hydrogen-bond acceptors (Lipinski definition) is 4. The first-order valence-electron chi connectivity index (χ1n) is 4.16. The normalized spacial score (nSPS) is 9.71. The van der Waals surface area contributed by atoms with Crippen molar-refractivity contribution in [2.75, 3.05) is 12.3 Å². The Bertz CT molecular complexity index is 278. The van der Waals surface area contributed by atoms with Gasteiger partial charge in [-0.3, -0.25) is 0 Å². The molecule has 1 heterocycles. The van der Waals surface area contributed by atoms with Gasteiger partial charge in [-0.1, -0.05) is 0 Å². The number of nitrogens with two attached hydrogens (primary N) is 1. The van der Waals surface area contributed by atoms with E-state index in [9.17, 15) is 0 Å². The Morgan fingerprint density at radius 1 is 1.64 bits per heavy atom. The van der Waals surface area contributed by atoms with Crippen LogP contribution in [0.1, 0.15) is 5.69 Å². The van der Waals surface area contributed by atoms with Crippen LogP contribution >= 0.6 is 24.0 Å². The Morgan fingerprint density at radius 3 is 3.14 bits per heavy atom. The first-order valence-corrected chi connectivity index (χ1v) is 5.73. The summed E-state index contributed by atoms with van der Waals surface area (Å²) in [6.07, 6.45) is 1.67. The minimum Gasteiger partial charge on any atom is -0.376 e. The van der Waals surface area contributed by atoms with Crippen LogP contribution in [-0.4, -0.2) is 27.6 Å². The fourth-order valence-electron chi connectivity index (χ4n) is 0.834. The molecule has 0 aliphatic heterocycles. The predicted octanol–water partition coefficient (Wildman–Crippen LogP) is 0.543. The maximum atomic E-state index is 5.27. The van der Waals surface area contributed by atoms with Crippen molar-refractivity contribution >= 4 is 29.1 Å². The maximum absolute atomic E-state index is 5.27. The molecular formula is C8H12N4S2. The zero-order valence-electron chi connectivity index (χ0n) is 7.64. The highest BCUT2D eigenvalue weighted by Gasteiger charge is 1.94. The summed E-state index contributed by atoms with van der Waals surface area (Å²) in [6.45, 7) is 0.792. The quantitative estimate of drug-likeness (QED) is 0.566. The number of nitrogens with zero attached hydrogens (tertiary/aromatic N) is 2. The Hall–Kier alpha value is -0.880. The zero-order chi connectivity index (χ0) is 10.2. The second-order valence-electron chi connectivity index (χ2n) is 2.56. The first-order chi connectivity index (χ1) is 6.79. The van der Waals surface area contributed by atoms with Crippen molar-refractivity contribution in [3.8, 4) is 0 Å². The van der Waals surface area contributed by atoms with E-state index in [-0.39, 0.29) is 0 Å². The van der Waals surface area contributed by atoms with Crippen LogP contribution in [0.3, 0.4) is 0 Å². The average Bonchev–Trinajstić information content (AvgIpc) is 2.18. The van der Waals surface area contributed by atoms with Crippen LogP contribution in [0.5, 0.6) is 0 Å². The molecule has 0 fully saturated rings. The van der Waals surface area contributed by atoms with Crippen molar-refractivity contribution in [3.63, 3.8) is 0 Å². The van der Waals surface area contributed by atoms with E-state index in [4.69, 9.17) is 5.73 Å². The summed E-state index contributed by atoms with van der Waals surface area (Å²) in [6, 6.07) is 3.84. The fraction of sp³-hybridized carbons (Fsp3) is 0.375. The van der Waals surface area contributed by atoms with Gasteiger partial charge in [0.1, 0.15) is 0 Å². The lowest BCUT2D eigenvalue weighted by Crippen LogP contribution is -2.30. The number of thiocarbonyl (C=S) groups is 1. The molecule has 0 aliphatic carbocycles. The Labute approximate surface area is 92.7 Å². The SMILES string of the molecule is NC(=S)NCCSCc1cccnn1. The van der Waals surface area contributed by atoms with Gasteiger partial charge in [-0.2, -0.15) is 22.0 Å². The van der Waals surface area contributed by atoms with Crippen LogP contribution in [0.15, 0.2) is 18.3 Å². The summed E-state index contributed by atoms with van der Waals surface area (Å²) in [5, 5.41) is 11.0. The molecule has 0 saturated heterocycles. The summed E-state index contributed by atoms with van der Waals surface area (Å²) in [7, 11) is 0. The molecule has 0 spiro atoms. The number of rotatable bonds is 5. The molecular weight excluding hydrogens is 216 g/mol. The molecule has 6 heteroatoms. The van der Waals surface area contributed by atoms with E-state index < -0.39 is 0 Å². The molecule has 1 rings (SSSR count). The highest BCUT2D eigenvalue weighted by molar-refractivity contribution is 7.98. The van der Waals surface area contributed by atoms with Gasteiger partial charge in [0.2, 0.25) is 0 Å². The van der Waals surface area contributed by atoms with Crippen LogP contribution in [-0.2, 0) is 5.75 Å². The van der Waals surface area contributed by atoms with Gasteiger partial charge < -0.3 is 11.1 Å². The van der Waals surface area contributed by atoms with Gasteiger partial charge in [0.15, 0.2) is 5.11 Å². The summed E-state index contributed by atoms with van der Waals surface area (Å²) in [5.41, 5.74) is 6.27. The van der Waals surface area contributed by atoms with E-state index in [0.29, 0.717) is 5.11 Å². The predicted molar refractivity (Wildman–Crippen MR) is 63.0 cm³/mol. The van der Waals surface area contributed by atoms with E-state index in [1.165, 1.54) is 0 Å². The molecule has 0 atom stereocenters. The molecule has 0 aliphatic rings. The molecule has 0 unspecified atom stereocenters. The smallest absolute Gasteiger partial charge is 0.163 e. The minimum atomic E-state index is 0.352. The van der Waals surface area contributed by atoms with E-state index in [2.05, 4.69) is 27.7 Å². The molecule has 76 valence electrons. The summed E-state index contributed by atoms with van der Waals surface area (Å²) < 4.78 is 0. The van der Waals surface area contributed by atoms with Gasteiger partial charge in [-0.05, 0) is 24.4 Å². The van der Waals surface area contributed by atoms with E-state index >= 15 is 0 Å². The highest BCUT2D eigenvalue weighted by atomic mass is 32.2.